The van der Waals surface area contributed by atoms with Gasteiger partial charge in [-0.2, -0.15) is 0 Å². The van der Waals surface area contributed by atoms with Crippen molar-refractivity contribution in [3.63, 3.8) is 0 Å². The monoisotopic (exact) mass is 1100 g/mol. The normalized spacial score (nSPS) is 12.6. The molecule has 0 radical (unpaired) electrons. The maximum Gasteiger partial charge on any atom is 0.305 e. The average Bonchev–Trinajstić information content (AvgIpc) is 3.44. The Kier molecular flexibility index (Phi) is 66.4. The number of hydrogen-bond acceptors (Lipinski definition) is 5. The highest BCUT2D eigenvalue weighted by Gasteiger charge is 2.18. The first-order valence-corrected chi connectivity index (χ1v) is 35.6. The number of hydrogen-bond donors (Lipinski definition) is 3. The summed E-state index contributed by atoms with van der Waals surface area (Å²) >= 11 is 0. The van der Waals surface area contributed by atoms with Gasteiger partial charge < -0.3 is 20.3 Å². The number of ether oxygens (including phenoxy) is 1. The van der Waals surface area contributed by atoms with E-state index >= 15 is 0 Å². The molecule has 0 rings (SSSR count). The van der Waals surface area contributed by atoms with Crippen LogP contribution in [0, 0.1) is 0 Å². The van der Waals surface area contributed by atoms with Gasteiger partial charge in [-0.15, -0.1) is 0 Å². The summed E-state index contributed by atoms with van der Waals surface area (Å²) in [6.07, 6.45) is 85.4. The van der Waals surface area contributed by atoms with Crippen LogP contribution in [0.2, 0.25) is 0 Å². The van der Waals surface area contributed by atoms with E-state index in [0.717, 1.165) is 44.9 Å². The van der Waals surface area contributed by atoms with E-state index in [1.807, 2.05) is 6.08 Å². The first-order valence-electron chi connectivity index (χ1n) is 35.6. The smallest absolute Gasteiger partial charge is 0.305 e. The first-order chi connectivity index (χ1) is 38.5. The highest BCUT2D eigenvalue weighted by Crippen LogP contribution is 2.19. The molecule has 0 saturated carbocycles. The number of amides is 1. The largest absolute Gasteiger partial charge is 0.466 e. The van der Waals surface area contributed by atoms with Crippen LogP contribution in [0.3, 0.4) is 0 Å². The van der Waals surface area contributed by atoms with Crippen molar-refractivity contribution in [3.05, 3.63) is 24.3 Å². The molecule has 0 saturated heterocycles. The molecule has 1 amide bonds. The highest BCUT2D eigenvalue weighted by molar-refractivity contribution is 5.76. The van der Waals surface area contributed by atoms with Crippen molar-refractivity contribution in [2.75, 3.05) is 13.2 Å². The Morgan fingerprint density at radius 3 is 0.910 bits per heavy atom. The highest BCUT2D eigenvalue weighted by atomic mass is 16.5. The van der Waals surface area contributed by atoms with Gasteiger partial charge in [-0.25, -0.2) is 0 Å². The van der Waals surface area contributed by atoms with Gasteiger partial charge in [0.05, 0.1) is 25.4 Å². The lowest BCUT2D eigenvalue weighted by molar-refractivity contribution is -0.143. The number of aliphatic hydroxyl groups is 2. The summed E-state index contributed by atoms with van der Waals surface area (Å²) in [4.78, 5) is 24.6. The number of carbonyl (C=O) groups is 2. The lowest BCUT2D eigenvalue weighted by Crippen LogP contribution is -2.45. The van der Waals surface area contributed by atoms with Crippen LogP contribution < -0.4 is 5.32 Å². The average molecular weight is 1100 g/mol. The fourth-order valence-corrected chi connectivity index (χ4v) is 11.3. The molecular weight excluding hydrogens is 959 g/mol. The molecule has 0 aromatic rings. The van der Waals surface area contributed by atoms with E-state index in [-0.39, 0.29) is 18.5 Å². The van der Waals surface area contributed by atoms with Gasteiger partial charge in [-0.05, 0) is 57.8 Å². The number of esters is 1. The van der Waals surface area contributed by atoms with Crippen LogP contribution in [0.15, 0.2) is 24.3 Å². The molecule has 78 heavy (non-hydrogen) atoms. The zero-order valence-corrected chi connectivity index (χ0v) is 52.9. The maximum atomic E-state index is 12.5. The molecule has 0 heterocycles. The fraction of sp³-hybridized carbons (Fsp3) is 0.917. The molecule has 3 N–H and O–H groups in total. The van der Waals surface area contributed by atoms with Crippen molar-refractivity contribution in [1.82, 2.24) is 5.32 Å². The van der Waals surface area contributed by atoms with Crippen molar-refractivity contribution in [1.29, 1.82) is 0 Å². The third-order valence-corrected chi connectivity index (χ3v) is 16.7. The summed E-state index contributed by atoms with van der Waals surface area (Å²) in [6, 6.07) is -0.627. The van der Waals surface area contributed by atoms with Crippen LogP contribution in [-0.4, -0.2) is 47.4 Å². The molecule has 6 nitrogen and oxygen atoms in total. The van der Waals surface area contributed by atoms with Gasteiger partial charge >= 0.3 is 5.97 Å². The van der Waals surface area contributed by atoms with E-state index in [1.165, 1.54) is 327 Å². The first kappa shape index (κ1) is 76.3. The molecular formula is C72H139NO5. The van der Waals surface area contributed by atoms with Crippen LogP contribution in [0.4, 0.5) is 0 Å². The molecule has 0 aromatic carbocycles. The summed E-state index contributed by atoms with van der Waals surface area (Å²) < 4.78 is 5.50. The molecule has 2 atom stereocenters. The SMILES string of the molecule is CCCCCCCCC/C=C\CCCCCCCC(=O)OCCCCCCCCCCCCCCCCCCCCCCCCCCCCC(=O)NC(CO)C(O)/C=C/CCCCCCCCCCCCCCCCCCC. The molecule has 2 unspecified atom stereocenters. The number of nitrogens with one attached hydrogen (secondary N) is 1. The number of rotatable bonds is 67. The zero-order valence-electron chi connectivity index (χ0n) is 52.9. The molecule has 6 heteroatoms. The molecule has 0 aromatic heterocycles. The molecule has 462 valence electrons. The van der Waals surface area contributed by atoms with Crippen LogP contribution in [0.25, 0.3) is 0 Å². The molecule has 0 aliphatic heterocycles. The van der Waals surface area contributed by atoms with E-state index in [0.29, 0.717) is 19.4 Å². The summed E-state index contributed by atoms with van der Waals surface area (Å²) in [5, 5.41) is 23.2. The van der Waals surface area contributed by atoms with Gasteiger partial charge in [0.2, 0.25) is 5.91 Å². The predicted octanol–water partition coefficient (Wildman–Crippen LogP) is 22.9. The van der Waals surface area contributed by atoms with Gasteiger partial charge in [0, 0.05) is 12.8 Å². The van der Waals surface area contributed by atoms with Crippen molar-refractivity contribution >= 4 is 11.9 Å². The Labute approximate surface area is 488 Å². The van der Waals surface area contributed by atoms with Gasteiger partial charge in [-0.1, -0.05) is 353 Å². The van der Waals surface area contributed by atoms with Gasteiger partial charge in [0.15, 0.2) is 0 Å². The second-order valence-electron chi connectivity index (χ2n) is 24.6. The quantitative estimate of drug-likeness (QED) is 0.0320. The maximum absolute atomic E-state index is 12.5. The predicted molar refractivity (Wildman–Crippen MR) is 343 cm³/mol. The standard InChI is InChI=1S/C72H139NO5/c1-3-5-7-9-11-13-15-17-19-21-30-33-36-40-44-48-52-56-60-64-70(75)69(68-74)73-71(76)65-61-57-53-49-45-41-37-34-31-28-26-24-22-23-25-27-29-32-35-39-43-47-51-55-59-63-67-78-72(77)66-62-58-54-50-46-42-38-20-18-16-14-12-10-8-6-4-2/h20,38,60,64,69-70,74-75H,3-19,21-37,39-59,61-63,65-68H2,1-2H3,(H,73,76)/b38-20-,64-60+. The van der Waals surface area contributed by atoms with E-state index in [9.17, 15) is 19.8 Å². The van der Waals surface area contributed by atoms with Crippen molar-refractivity contribution in [2.45, 2.75) is 411 Å². The lowest BCUT2D eigenvalue weighted by atomic mass is 10.0. The lowest BCUT2D eigenvalue weighted by Gasteiger charge is -2.20. The van der Waals surface area contributed by atoms with E-state index in [4.69, 9.17) is 4.74 Å². The Bertz CT molecular complexity index is 1220. The van der Waals surface area contributed by atoms with Crippen LogP contribution in [-0.2, 0) is 14.3 Å². The Morgan fingerprint density at radius 2 is 0.603 bits per heavy atom. The van der Waals surface area contributed by atoms with Crippen molar-refractivity contribution in [2.24, 2.45) is 0 Å². The number of allylic oxidation sites excluding steroid dienone is 3. The summed E-state index contributed by atoms with van der Waals surface area (Å²) in [7, 11) is 0. The summed E-state index contributed by atoms with van der Waals surface area (Å²) in [6.45, 7) is 4.94. The van der Waals surface area contributed by atoms with Crippen molar-refractivity contribution < 1.29 is 24.5 Å². The third kappa shape index (κ3) is 63.5. The topological polar surface area (TPSA) is 95.9 Å². The fourth-order valence-electron chi connectivity index (χ4n) is 11.3. The third-order valence-electron chi connectivity index (χ3n) is 16.7. The number of aliphatic hydroxyl groups excluding tert-OH is 2. The minimum absolute atomic E-state index is 0.0103. The Balaban J connectivity index is 3.37. The van der Waals surface area contributed by atoms with E-state index in [1.54, 1.807) is 6.08 Å². The van der Waals surface area contributed by atoms with Crippen LogP contribution in [0.5, 0.6) is 0 Å². The molecule has 0 aliphatic carbocycles. The number of unbranched alkanes of at least 4 members (excludes halogenated alkanes) is 54. The Hall–Kier alpha value is -1.66. The summed E-state index contributed by atoms with van der Waals surface area (Å²) in [5.74, 6) is -0.0518. The molecule has 0 spiro atoms. The summed E-state index contributed by atoms with van der Waals surface area (Å²) in [5.41, 5.74) is 0. The molecule has 0 fully saturated rings. The van der Waals surface area contributed by atoms with E-state index < -0.39 is 12.1 Å². The number of carbonyl (C=O) groups excluding carboxylic acids is 2. The van der Waals surface area contributed by atoms with Crippen molar-refractivity contribution in [3.8, 4) is 0 Å². The van der Waals surface area contributed by atoms with Crippen LogP contribution >= 0.6 is 0 Å². The van der Waals surface area contributed by atoms with Gasteiger partial charge in [0.1, 0.15) is 0 Å². The Morgan fingerprint density at radius 1 is 0.346 bits per heavy atom. The molecule has 0 aliphatic rings. The zero-order chi connectivity index (χ0) is 56.4. The second-order valence-corrected chi connectivity index (χ2v) is 24.6. The van der Waals surface area contributed by atoms with Crippen LogP contribution in [0.1, 0.15) is 399 Å². The second kappa shape index (κ2) is 67.8. The minimum Gasteiger partial charge on any atom is -0.466 e. The van der Waals surface area contributed by atoms with E-state index in [2.05, 4.69) is 31.3 Å². The minimum atomic E-state index is -0.843. The van der Waals surface area contributed by atoms with Gasteiger partial charge in [0.25, 0.3) is 0 Å². The van der Waals surface area contributed by atoms with Gasteiger partial charge in [-0.3, -0.25) is 9.59 Å². The molecule has 0 bridgehead atoms.